The van der Waals surface area contributed by atoms with E-state index in [1.807, 2.05) is 62.8 Å². The van der Waals surface area contributed by atoms with Gasteiger partial charge in [0.1, 0.15) is 22.2 Å². The third-order valence-corrected chi connectivity index (χ3v) is 8.14. The Bertz CT molecular complexity index is 1460. The number of ether oxygens (including phenoxy) is 1. The molecule has 0 aliphatic carbocycles. The second kappa shape index (κ2) is 11.2. The third kappa shape index (κ3) is 6.15. The zero-order valence-corrected chi connectivity index (χ0v) is 24.9. The monoisotopic (exact) mass is 565 g/mol. The topological polar surface area (TPSA) is 108 Å². The molecule has 2 atom stereocenters. The molecule has 40 heavy (non-hydrogen) atoms. The molecule has 0 radical (unpaired) electrons. The Morgan fingerprint density at radius 2 is 2.05 bits per heavy atom. The van der Waals surface area contributed by atoms with Gasteiger partial charge in [-0.3, -0.25) is 0 Å². The average molecular weight is 566 g/mol. The Hall–Kier alpha value is -3.44. The number of nitrogens with zero attached hydrogens (tertiary/aromatic N) is 6. The summed E-state index contributed by atoms with van der Waals surface area (Å²) in [5, 5.41) is 20.0. The molecule has 0 saturated carbocycles. The molecule has 10 nitrogen and oxygen atoms in total. The van der Waals surface area contributed by atoms with Gasteiger partial charge in [0.15, 0.2) is 5.65 Å². The van der Waals surface area contributed by atoms with Gasteiger partial charge < -0.3 is 25.0 Å². The maximum absolute atomic E-state index is 12.5. The summed E-state index contributed by atoms with van der Waals surface area (Å²) >= 11 is 1.70. The van der Waals surface area contributed by atoms with Crippen LogP contribution in [0.3, 0.4) is 0 Å². The van der Waals surface area contributed by atoms with E-state index in [1.165, 1.54) is 4.70 Å². The number of piperidine rings is 1. The van der Waals surface area contributed by atoms with Crippen LogP contribution in [-0.2, 0) is 11.3 Å². The number of anilines is 2. The zero-order valence-electron chi connectivity index (χ0n) is 24.1. The summed E-state index contributed by atoms with van der Waals surface area (Å²) in [7, 11) is 2.04. The number of aliphatic hydroxyl groups is 1. The summed E-state index contributed by atoms with van der Waals surface area (Å²) in [5.41, 5.74) is 2.33. The van der Waals surface area contributed by atoms with Crippen LogP contribution in [0.1, 0.15) is 57.5 Å². The molecule has 1 aliphatic rings. The van der Waals surface area contributed by atoms with E-state index in [0.29, 0.717) is 26.1 Å². The number of aromatic nitrogens is 4. The summed E-state index contributed by atoms with van der Waals surface area (Å²) < 4.78 is 8.55. The van der Waals surface area contributed by atoms with E-state index in [0.717, 1.165) is 33.4 Å². The van der Waals surface area contributed by atoms with E-state index in [1.54, 1.807) is 16.2 Å². The van der Waals surface area contributed by atoms with Gasteiger partial charge in [0.25, 0.3) is 0 Å². The largest absolute Gasteiger partial charge is 0.444 e. The molecule has 1 amide bonds. The first-order valence-electron chi connectivity index (χ1n) is 13.8. The molecule has 1 fully saturated rings. The third-order valence-electron chi connectivity index (χ3n) is 7.12. The van der Waals surface area contributed by atoms with Crippen molar-refractivity contribution in [1.82, 2.24) is 24.5 Å². The highest BCUT2D eigenvalue weighted by Crippen LogP contribution is 2.29. The van der Waals surface area contributed by atoms with E-state index >= 15 is 0 Å². The maximum Gasteiger partial charge on any atom is 0.410 e. The minimum atomic E-state index is -0.653. The summed E-state index contributed by atoms with van der Waals surface area (Å²) in [4.78, 5) is 25.9. The lowest BCUT2D eigenvalue weighted by Gasteiger charge is -2.36. The highest BCUT2D eigenvalue weighted by atomic mass is 32.1. The molecule has 0 bridgehead atoms. The summed E-state index contributed by atoms with van der Waals surface area (Å²) in [5.74, 6) is 1.87. The molecular weight excluding hydrogens is 526 g/mol. The quantitative estimate of drug-likeness (QED) is 0.318. The van der Waals surface area contributed by atoms with Crippen LogP contribution in [0, 0.1) is 5.92 Å². The van der Waals surface area contributed by atoms with Crippen molar-refractivity contribution >= 4 is 44.9 Å². The number of likely N-dealkylation sites (tertiary alicyclic amines) is 1. The van der Waals surface area contributed by atoms with Crippen molar-refractivity contribution in [1.29, 1.82) is 0 Å². The van der Waals surface area contributed by atoms with Gasteiger partial charge in [0.05, 0.1) is 35.6 Å². The number of thiazole rings is 1. The van der Waals surface area contributed by atoms with Gasteiger partial charge in [0.2, 0.25) is 0 Å². The van der Waals surface area contributed by atoms with E-state index in [2.05, 4.69) is 35.2 Å². The number of benzene rings is 1. The molecule has 3 aromatic heterocycles. The molecule has 4 heterocycles. The number of nitrogens with one attached hydrogen (secondary N) is 1. The smallest absolute Gasteiger partial charge is 0.410 e. The molecule has 0 unspecified atom stereocenters. The van der Waals surface area contributed by atoms with Crippen LogP contribution in [0.25, 0.3) is 15.9 Å². The second-order valence-corrected chi connectivity index (χ2v) is 13.0. The lowest BCUT2D eigenvalue weighted by Crippen LogP contribution is -2.49. The lowest BCUT2D eigenvalue weighted by molar-refractivity contribution is -0.0104. The van der Waals surface area contributed by atoms with E-state index in [4.69, 9.17) is 14.7 Å². The Labute approximate surface area is 239 Å². The summed E-state index contributed by atoms with van der Waals surface area (Å²) in [6, 6.07) is 10.2. The van der Waals surface area contributed by atoms with Gasteiger partial charge in [-0.2, -0.15) is 9.61 Å². The van der Waals surface area contributed by atoms with Gasteiger partial charge in [0, 0.05) is 37.7 Å². The van der Waals surface area contributed by atoms with Gasteiger partial charge >= 0.3 is 6.09 Å². The molecule has 1 aliphatic heterocycles. The van der Waals surface area contributed by atoms with E-state index in [-0.39, 0.29) is 24.5 Å². The lowest BCUT2D eigenvalue weighted by atomic mass is 9.94. The molecule has 2 N–H and O–H groups in total. The maximum atomic E-state index is 12.5. The Morgan fingerprint density at radius 1 is 1.27 bits per heavy atom. The zero-order chi connectivity index (χ0) is 28.6. The predicted molar refractivity (Wildman–Crippen MR) is 159 cm³/mol. The van der Waals surface area contributed by atoms with Gasteiger partial charge in [-0.1, -0.05) is 26.0 Å². The SMILES string of the molecule is CC(C)c1cnn2c(N(C)Cc3nc4ccccc4s3)cc(NC[C@H]3CCN(C(=O)OC(C)(C)C)C[C@@H]3O)nc12. The molecule has 214 valence electrons. The van der Waals surface area contributed by atoms with E-state index in [9.17, 15) is 9.90 Å². The number of hydrogen-bond acceptors (Lipinski definition) is 9. The number of para-hydroxylation sites is 1. The van der Waals surface area contributed by atoms with Crippen molar-refractivity contribution in [2.45, 2.75) is 65.2 Å². The van der Waals surface area contributed by atoms with Crippen LogP contribution >= 0.6 is 11.3 Å². The second-order valence-electron chi connectivity index (χ2n) is 11.8. The number of hydrogen-bond donors (Lipinski definition) is 2. The molecular formula is C29H39N7O3S. The minimum absolute atomic E-state index is 0.0184. The number of carbonyl (C=O) groups is 1. The molecule has 11 heteroatoms. The van der Waals surface area contributed by atoms with Gasteiger partial charge in [-0.05, 0) is 45.2 Å². The van der Waals surface area contributed by atoms with Crippen molar-refractivity contribution in [3.05, 3.63) is 47.1 Å². The average Bonchev–Trinajstić information content (AvgIpc) is 3.50. The van der Waals surface area contributed by atoms with Crippen LogP contribution in [-0.4, -0.2) is 74.1 Å². The highest BCUT2D eigenvalue weighted by molar-refractivity contribution is 7.18. The number of rotatable bonds is 7. The first kappa shape index (κ1) is 28.1. The Kier molecular flexibility index (Phi) is 7.87. The molecule has 1 saturated heterocycles. The molecule has 0 spiro atoms. The van der Waals surface area contributed by atoms with Crippen LogP contribution in [0.4, 0.5) is 16.4 Å². The normalized spacial score (nSPS) is 18.1. The fraction of sp³-hybridized carbons (Fsp3) is 0.517. The van der Waals surface area contributed by atoms with Crippen LogP contribution in [0.15, 0.2) is 36.5 Å². The Morgan fingerprint density at radius 3 is 2.75 bits per heavy atom. The van der Waals surface area contributed by atoms with Crippen molar-refractivity contribution in [2.24, 2.45) is 5.92 Å². The minimum Gasteiger partial charge on any atom is -0.444 e. The molecule has 5 rings (SSSR count). The van der Waals surface area contributed by atoms with Crippen molar-refractivity contribution in [3.8, 4) is 0 Å². The fourth-order valence-electron chi connectivity index (χ4n) is 4.95. The van der Waals surface area contributed by atoms with Crippen molar-refractivity contribution in [2.75, 3.05) is 36.9 Å². The number of fused-ring (bicyclic) bond motifs is 2. The Balaban J connectivity index is 1.33. The fourth-order valence-corrected chi connectivity index (χ4v) is 5.97. The van der Waals surface area contributed by atoms with Crippen molar-refractivity contribution < 1.29 is 14.6 Å². The van der Waals surface area contributed by atoms with Gasteiger partial charge in [-0.25, -0.2) is 14.8 Å². The summed E-state index contributed by atoms with van der Waals surface area (Å²) in [6.45, 7) is 11.8. The molecule has 1 aromatic carbocycles. The molecule has 4 aromatic rings. The van der Waals surface area contributed by atoms with Gasteiger partial charge in [-0.15, -0.1) is 11.3 Å². The van der Waals surface area contributed by atoms with Crippen LogP contribution in [0.5, 0.6) is 0 Å². The van der Waals surface area contributed by atoms with Crippen LogP contribution < -0.4 is 10.2 Å². The number of β-amino-alcohol motifs (C(OH)–C–C–N with tert-alkyl or cyclic N) is 1. The van der Waals surface area contributed by atoms with E-state index < -0.39 is 11.7 Å². The first-order valence-corrected chi connectivity index (χ1v) is 14.6. The number of carbonyl (C=O) groups excluding carboxylic acids is 1. The standard InChI is InChI=1S/C29H39N7O3S/c1-18(2)20-15-31-36-26(34(6)17-25-32-21-9-7-8-10-23(21)40-25)13-24(33-27(20)36)30-14-19-11-12-35(16-22(19)37)28(38)39-29(3,4)5/h7-10,13,15,18-19,22,37H,11-12,14,16-17H2,1-6H3,(H,30,33)/t19-,22+/m1/s1. The predicted octanol–water partition coefficient (Wildman–Crippen LogP) is 5.13. The first-order chi connectivity index (χ1) is 19.0. The highest BCUT2D eigenvalue weighted by Gasteiger charge is 2.32. The number of aliphatic hydroxyl groups excluding tert-OH is 1. The number of amides is 1. The summed E-state index contributed by atoms with van der Waals surface area (Å²) in [6.07, 6.45) is 1.53. The van der Waals surface area contributed by atoms with Crippen molar-refractivity contribution in [3.63, 3.8) is 0 Å². The van der Waals surface area contributed by atoms with Crippen LogP contribution in [0.2, 0.25) is 0 Å².